The van der Waals surface area contributed by atoms with Crippen molar-refractivity contribution in [1.82, 2.24) is 0 Å². The van der Waals surface area contributed by atoms with E-state index in [0.29, 0.717) is 34.6 Å². The smallest absolute Gasteiger partial charge is 0.189 e. The first-order valence-corrected chi connectivity index (χ1v) is 18.5. The molecular formula is C39H57O3P. The number of hydrogen-bond acceptors (Lipinski definition) is 3. The second-order valence-electron chi connectivity index (χ2n) is 13.8. The second-order valence-corrected chi connectivity index (χ2v) is 16.5. The SMILES string of the molecule is C/C=C/C(=O)c1cc(OC)c(-c2c(C(C)C)cc(C(C)C)cc2C(C)C)c(P(C2CCCCC2)C2CCCCC2)c1OC. The largest absolute Gasteiger partial charge is 0.496 e. The minimum Gasteiger partial charge on any atom is -0.496 e. The maximum Gasteiger partial charge on any atom is 0.189 e. The molecule has 2 fully saturated rings. The molecule has 0 unspecified atom stereocenters. The first-order valence-electron chi connectivity index (χ1n) is 17.1. The number of carbonyl (C=O) groups is 1. The van der Waals surface area contributed by atoms with Crippen LogP contribution in [0.4, 0.5) is 0 Å². The van der Waals surface area contributed by atoms with E-state index in [-0.39, 0.29) is 5.78 Å². The van der Waals surface area contributed by atoms with Gasteiger partial charge >= 0.3 is 0 Å². The molecule has 43 heavy (non-hydrogen) atoms. The molecule has 2 aromatic rings. The molecule has 236 valence electrons. The third kappa shape index (κ3) is 7.24. The lowest BCUT2D eigenvalue weighted by Crippen LogP contribution is -2.29. The Balaban J connectivity index is 2.21. The van der Waals surface area contributed by atoms with Gasteiger partial charge in [0.05, 0.1) is 19.8 Å². The van der Waals surface area contributed by atoms with E-state index in [1.807, 2.05) is 19.1 Å². The molecule has 0 spiro atoms. The lowest BCUT2D eigenvalue weighted by Gasteiger charge is -2.41. The van der Waals surface area contributed by atoms with E-state index in [4.69, 9.17) is 9.47 Å². The summed E-state index contributed by atoms with van der Waals surface area (Å²) in [6, 6.07) is 6.89. The highest BCUT2D eigenvalue weighted by Gasteiger charge is 2.39. The van der Waals surface area contributed by atoms with Crippen LogP contribution in [0.1, 0.15) is 157 Å². The topological polar surface area (TPSA) is 35.5 Å². The van der Waals surface area contributed by atoms with Crippen LogP contribution in [0.2, 0.25) is 0 Å². The monoisotopic (exact) mass is 604 g/mol. The van der Waals surface area contributed by atoms with Crippen molar-refractivity contribution < 1.29 is 14.3 Å². The number of methoxy groups -OCH3 is 2. The van der Waals surface area contributed by atoms with Gasteiger partial charge in [-0.2, -0.15) is 0 Å². The van der Waals surface area contributed by atoms with Gasteiger partial charge in [0, 0.05) is 10.9 Å². The van der Waals surface area contributed by atoms with Crippen LogP contribution in [0.15, 0.2) is 30.4 Å². The molecule has 0 N–H and O–H groups in total. The summed E-state index contributed by atoms with van der Waals surface area (Å²) in [7, 11) is 2.97. The van der Waals surface area contributed by atoms with Crippen LogP contribution in [0.5, 0.6) is 11.5 Å². The number of ether oxygens (including phenoxy) is 2. The van der Waals surface area contributed by atoms with Gasteiger partial charge in [0.1, 0.15) is 11.5 Å². The van der Waals surface area contributed by atoms with Crippen LogP contribution in [0.3, 0.4) is 0 Å². The Morgan fingerprint density at radius 3 is 1.65 bits per heavy atom. The van der Waals surface area contributed by atoms with Crippen molar-refractivity contribution in [2.24, 2.45) is 0 Å². The van der Waals surface area contributed by atoms with E-state index >= 15 is 0 Å². The van der Waals surface area contributed by atoms with Gasteiger partial charge in [-0.15, -0.1) is 0 Å². The molecule has 2 aromatic carbocycles. The van der Waals surface area contributed by atoms with Gasteiger partial charge in [0.25, 0.3) is 0 Å². The van der Waals surface area contributed by atoms with Gasteiger partial charge in [-0.3, -0.25) is 4.79 Å². The number of carbonyl (C=O) groups excluding carboxylic acids is 1. The van der Waals surface area contributed by atoms with E-state index < -0.39 is 7.92 Å². The van der Waals surface area contributed by atoms with Crippen LogP contribution in [-0.4, -0.2) is 31.3 Å². The minimum absolute atomic E-state index is 0.00369. The van der Waals surface area contributed by atoms with Gasteiger partial charge < -0.3 is 9.47 Å². The molecule has 0 aromatic heterocycles. The molecule has 0 bridgehead atoms. The standard InChI is InChI=1S/C39H57O3P/c1-10-17-34(40)33-24-35(41-8)37(36-31(26(4)5)22-28(25(2)3)23-32(36)27(6)7)39(38(33)42-9)43(29-18-13-11-14-19-29)30-20-15-12-16-21-30/h10,17,22-27,29-30H,11-16,18-21H2,1-9H3/b17-10+. The molecule has 0 radical (unpaired) electrons. The fourth-order valence-electron chi connectivity index (χ4n) is 7.53. The average Bonchev–Trinajstić information content (AvgIpc) is 3.01. The molecule has 0 heterocycles. The van der Waals surface area contributed by atoms with Crippen molar-refractivity contribution in [3.05, 3.63) is 52.6 Å². The Morgan fingerprint density at radius 2 is 1.26 bits per heavy atom. The lowest BCUT2D eigenvalue weighted by molar-refractivity contribution is 0.104. The first kappa shape index (κ1) is 33.8. The zero-order chi connectivity index (χ0) is 31.3. The molecule has 2 aliphatic carbocycles. The molecule has 2 saturated carbocycles. The lowest BCUT2D eigenvalue weighted by atomic mass is 9.81. The highest BCUT2D eigenvalue weighted by Crippen LogP contribution is 2.60. The summed E-state index contributed by atoms with van der Waals surface area (Å²) in [6.07, 6.45) is 16.5. The molecule has 2 aliphatic rings. The second kappa shape index (κ2) is 15.2. The predicted octanol–water partition coefficient (Wildman–Crippen LogP) is 11.3. The van der Waals surface area contributed by atoms with Gasteiger partial charge in [-0.25, -0.2) is 0 Å². The summed E-state index contributed by atoms with van der Waals surface area (Å²) in [5.74, 6) is 2.75. The molecule has 0 amide bonds. The van der Waals surface area contributed by atoms with Crippen LogP contribution in [0.25, 0.3) is 11.1 Å². The van der Waals surface area contributed by atoms with Crippen LogP contribution in [0, 0.1) is 0 Å². The zero-order valence-corrected chi connectivity index (χ0v) is 29.4. The van der Waals surface area contributed by atoms with E-state index in [0.717, 1.165) is 11.5 Å². The average molecular weight is 605 g/mol. The van der Waals surface area contributed by atoms with Crippen LogP contribution in [-0.2, 0) is 0 Å². The molecular weight excluding hydrogens is 547 g/mol. The number of ketones is 1. The van der Waals surface area contributed by atoms with Crippen LogP contribution >= 0.6 is 7.92 Å². The van der Waals surface area contributed by atoms with Crippen molar-refractivity contribution in [3.8, 4) is 22.6 Å². The van der Waals surface area contributed by atoms with Gasteiger partial charge in [-0.05, 0) is 96.1 Å². The molecule has 0 aliphatic heterocycles. The first-order chi connectivity index (χ1) is 20.6. The van der Waals surface area contributed by atoms with Crippen LogP contribution < -0.4 is 14.8 Å². The maximum atomic E-state index is 13.7. The van der Waals surface area contributed by atoms with E-state index in [9.17, 15) is 4.79 Å². The number of hydrogen-bond donors (Lipinski definition) is 0. The highest BCUT2D eigenvalue weighted by atomic mass is 31.1. The Hall–Kier alpha value is -2.12. The van der Waals surface area contributed by atoms with Crippen molar-refractivity contribution >= 4 is 19.0 Å². The Morgan fingerprint density at radius 1 is 0.744 bits per heavy atom. The zero-order valence-electron chi connectivity index (χ0n) is 28.5. The molecule has 0 saturated heterocycles. The van der Waals surface area contributed by atoms with Gasteiger partial charge in [0.2, 0.25) is 0 Å². The summed E-state index contributed by atoms with van der Waals surface area (Å²) in [6.45, 7) is 15.8. The Labute approximate surface area is 264 Å². The quantitative estimate of drug-likeness (QED) is 0.145. The number of allylic oxidation sites excluding steroid dienone is 2. The number of benzene rings is 2. The third-order valence-electron chi connectivity index (χ3n) is 9.80. The maximum absolute atomic E-state index is 13.7. The summed E-state index contributed by atoms with van der Waals surface area (Å²) < 4.78 is 12.8. The summed E-state index contributed by atoms with van der Waals surface area (Å²) in [5.41, 5.74) is 8.63. The molecule has 4 rings (SSSR count). The van der Waals surface area contributed by atoms with Gasteiger partial charge in [0.15, 0.2) is 5.78 Å². The Bertz CT molecular complexity index is 1230. The van der Waals surface area contributed by atoms with Crippen molar-refractivity contribution in [2.75, 3.05) is 14.2 Å². The molecule has 3 nitrogen and oxygen atoms in total. The van der Waals surface area contributed by atoms with Gasteiger partial charge in [-0.1, -0.05) is 106 Å². The fraction of sp³-hybridized carbons (Fsp3) is 0.615. The Kier molecular flexibility index (Phi) is 12.0. The summed E-state index contributed by atoms with van der Waals surface area (Å²) in [4.78, 5) is 13.7. The minimum atomic E-state index is -0.600. The highest BCUT2D eigenvalue weighted by molar-refractivity contribution is 7.67. The molecule has 4 heteroatoms. The van der Waals surface area contributed by atoms with E-state index in [2.05, 4.69) is 53.7 Å². The van der Waals surface area contributed by atoms with Crippen molar-refractivity contribution in [3.63, 3.8) is 0 Å². The molecule has 0 atom stereocenters. The van der Waals surface area contributed by atoms with Crippen molar-refractivity contribution in [2.45, 2.75) is 142 Å². The van der Waals surface area contributed by atoms with E-state index in [1.54, 1.807) is 20.3 Å². The predicted molar refractivity (Wildman–Crippen MR) is 187 cm³/mol. The normalized spacial score (nSPS) is 17.1. The fourth-order valence-corrected chi connectivity index (χ4v) is 11.6. The van der Waals surface area contributed by atoms with E-state index in [1.165, 1.54) is 97.3 Å². The summed E-state index contributed by atoms with van der Waals surface area (Å²) >= 11 is 0. The third-order valence-corrected chi connectivity index (χ3v) is 13.4. The summed E-state index contributed by atoms with van der Waals surface area (Å²) in [5, 5.41) is 1.31. The van der Waals surface area contributed by atoms with Crippen molar-refractivity contribution in [1.29, 1.82) is 0 Å². The number of rotatable bonds is 11.